The number of carboxylic acid groups (broad SMARTS) is 1. The summed E-state index contributed by atoms with van der Waals surface area (Å²) in [6.45, 7) is 3.67. The van der Waals surface area contributed by atoms with Crippen LogP contribution in [0.2, 0.25) is 0 Å². The molecule has 4 unspecified atom stereocenters. The molecule has 1 aromatic heterocycles. The van der Waals surface area contributed by atoms with Gasteiger partial charge in [-0.05, 0) is 57.3 Å². The molecule has 4 fully saturated rings. The van der Waals surface area contributed by atoms with Crippen molar-refractivity contribution in [3.8, 4) is 0 Å². The van der Waals surface area contributed by atoms with Gasteiger partial charge in [-0.25, -0.2) is 9.78 Å². The average molecular weight is 493 g/mol. The van der Waals surface area contributed by atoms with Gasteiger partial charge in [0.05, 0.1) is 11.6 Å². The first-order valence-electron chi connectivity index (χ1n) is 11.9. The van der Waals surface area contributed by atoms with Crippen LogP contribution in [0.15, 0.2) is 5.38 Å². The summed E-state index contributed by atoms with van der Waals surface area (Å²) in [6, 6.07) is -1.58. The number of nitrogens with one attached hydrogen (secondary N) is 1. The van der Waals surface area contributed by atoms with Crippen LogP contribution in [0, 0.1) is 17.8 Å². The van der Waals surface area contributed by atoms with Gasteiger partial charge in [0.15, 0.2) is 5.13 Å². The molecule has 1 aromatic rings. The van der Waals surface area contributed by atoms with E-state index < -0.39 is 28.7 Å². The van der Waals surface area contributed by atoms with Crippen molar-refractivity contribution in [1.82, 2.24) is 15.2 Å². The largest absolute Gasteiger partial charge is 0.480 e. The molecule has 2 saturated heterocycles. The number of rotatable bonds is 6. The van der Waals surface area contributed by atoms with Crippen molar-refractivity contribution < 1.29 is 19.5 Å². The molecule has 33 heavy (non-hydrogen) atoms. The summed E-state index contributed by atoms with van der Waals surface area (Å²) in [4.78, 5) is 44.0. The number of thioether (sulfide) groups is 1. The predicted molar refractivity (Wildman–Crippen MR) is 128 cm³/mol. The van der Waals surface area contributed by atoms with Crippen molar-refractivity contribution in [3.05, 3.63) is 11.1 Å². The Balaban J connectivity index is 1.32. The van der Waals surface area contributed by atoms with E-state index in [0.29, 0.717) is 22.7 Å². The van der Waals surface area contributed by atoms with Crippen molar-refractivity contribution in [2.24, 2.45) is 17.8 Å². The number of β-lactam (4-membered cyclic amide) rings is 1. The van der Waals surface area contributed by atoms with Gasteiger partial charge in [0.1, 0.15) is 17.5 Å². The highest BCUT2D eigenvalue weighted by Gasteiger charge is 2.64. The number of nitrogens with zero attached hydrogens (tertiary/aromatic N) is 2. The highest BCUT2D eigenvalue weighted by Crippen LogP contribution is 2.52. The Morgan fingerprint density at radius 2 is 2.06 bits per heavy atom. The van der Waals surface area contributed by atoms with Crippen molar-refractivity contribution in [3.63, 3.8) is 0 Å². The van der Waals surface area contributed by atoms with Crippen LogP contribution in [0.25, 0.3) is 0 Å². The van der Waals surface area contributed by atoms with Gasteiger partial charge in [-0.15, -0.1) is 23.1 Å². The monoisotopic (exact) mass is 492 g/mol. The minimum atomic E-state index is -1.01. The van der Waals surface area contributed by atoms with Crippen LogP contribution in [-0.4, -0.2) is 55.0 Å². The summed E-state index contributed by atoms with van der Waals surface area (Å²) < 4.78 is -0.617. The second-order valence-electron chi connectivity index (χ2n) is 10.5. The zero-order chi connectivity index (χ0) is 23.5. The lowest BCUT2D eigenvalue weighted by Gasteiger charge is -2.44. The van der Waals surface area contributed by atoms with Gasteiger partial charge in [0.25, 0.3) is 0 Å². The van der Waals surface area contributed by atoms with Crippen LogP contribution < -0.4 is 11.1 Å². The summed E-state index contributed by atoms with van der Waals surface area (Å²) in [6.07, 6.45) is 8.22. The zero-order valence-corrected chi connectivity index (χ0v) is 20.7. The van der Waals surface area contributed by atoms with E-state index in [1.165, 1.54) is 60.1 Å². The molecule has 0 bridgehead atoms. The van der Waals surface area contributed by atoms with Gasteiger partial charge in [-0.2, -0.15) is 0 Å². The highest BCUT2D eigenvalue weighted by molar-refractivity contribution is 8.01. The number of nitrogen functional groups attached to an aromatic ring is 1. The predicted octanol–water partition coefficient (Wildman–Crippen LogP) is 3.05. The van der Waals surface area contributed by atoms with E-state index in [4.69, 9.17) is 5.73 Å². The lowest BCUT2D eigenvalue weighted by atomic mass is 9.75. The van der Waals surface area contributed by atoms with E-state index in [-0.39, 0.29) is 17.2 Å². The summed E-state index contributed by atoms with van der Waals surface area (Å²) in [5.41, 5.74) is 6.57. The standard InChI is InChI=1S/C23H32N4O4S2/c1-23(2)17(21(30)31)27-19(29)16(20(27)33-23)26-18(28)14(15-10-32-22(24)25-15)9-12-8-7-11-5-3-4-6-13(11)12/h10-14,16-17,20H,3-9H2,1-2H3,(H2,24,25)(H,26,28)(H,30,31)/t11?,12?,13?,14?,16-,17-,20+/m0/s1. The molecule has 10 heteroatoms. The molecular weight excluding hydrogens is 460 g/mol. The molecule has 0 radical (unpaired) electrons. The van der Waals surface area contributed by atoms with Gasteiger partial charge in [-0.1, -0.05) is 19.3 Å². The fourth-order valence-electron chi connectivity index (χ4n) is 6.68. The maximum absolute atomic E-state index is 13.5. The molecule has 2 amide bonds. The number of carbonyl (C=O) groups excluding carboxylic acids is 2. The molecule has 3 heterocycles. The Labute approximate surface area is 202 Å². The molecule has 7 atom stereocenters. The van der Waals surface area contributed by atoms with Crippen LogP contribution in [0.4, 0.5) is 5.13 Å². The SMILES string of the molecule is CC1(C)S[C@@H]2[C@@H](NC(=O)C(CC3CCC4CCCCC43)c3csc(N)n3)C(=O)N2[C@H]1C(=O)O. The topological polar surface area (TPSA) is 126 Å². The third kappa shape index (κ3) is 3.92. The summed E-state index contributed by atoms with van der Waals surface area (Å²) in [5.74, 6) is -0.0294. The van der Waals surface area contributed by atoms with Crippen LogP contribution in [-0.2, 0) is 14.4 Å². The number of fused-ring (bicyclic) bond motifs is 2. The second kappa shape index (κ2) is 8.45. The fourth-order valence-corrected chi connectivity index (χ4v) is 8.92. The molecular formula is C23H32N4O4S2. The molecule has 5 rings (SSSR count). The first-order chi connectivity index (χ1) is 15.7. The third-order valence-electron chi connectivity index (χ3n) is 8.21. The van der Waals surface area contributed by atoms with E-state index in [9.17, 15) is 19.5 Å². The van der Waals surface area contributed by atoms with E-state index >= 15 is 0 Å². The second-order valence-corrected chi connectivity index (χ2v) is 13.2. The Bertz CT molecular complexity index is 966. The number of hydrogen-bond acceptors (Lipinski definition) is 7. The molecule has 4 N–H and O–H groups in total. The number of aromatic nitrogens is 1. The van der Waals surface area contributed by atoms with E-state index in [2.05, 4.69) is 10.3 Å². The van der Waals surface area contributed by atoms with Gasteiger partial charge >= 0.3 is 5.97 Å². The first-order valence-corrected chi connectivity index (χ1v) is 13.7. The van der Waals surface area contributed by atoms with Crippen LogP contribution >= 0.6 is 23.1 Å². The smallest absolute Gasteiger partial charge is 0.327 e. The Kier molecular flexibility index (Phi) is 5.87. The fraction of sp³-hybridized carbons (Fsp3) is 0.739. The maximum atomic E-state index is 13.5. The van der Waals surface area contributed by atoms with Gasteiger partial charge < -0.3 is 21.1 Å². The highest BCUT2D eigenvalue weighted by atomic mass is 32.2. The molecule has 2 saturated carbocycles. The Morgan fingerprint density at radius 3 is 2.76 bits per heavy atom. The normalized spacial score (nSPS) is 35.5. The van der Waals surface area contributed by atoms with Gasteiger partial charge in [-0.3, -0.25) is 9.59 Å². The van der Waals surface area contributed by atoms with Crippen molar-refractivity contribution in [2.45, 2.75) is 86.9 Å². The van der Waals surface area contributed by atoms with Crippen LogP contribution in [0.1, 0.15) is 70.4 Å². The third-order valence-corrected chi connectivity index (χ3v) is 10.5. The molecule has 4 aliphatic rings. The van der Waals surface area contributed by atoms with Crippen LogP contribution in [0.3, 0.4) is 0 Å². The lowest BCUT2D eigenvalue weighted by molar-refractivity contribution is -0.161. The molecule has 180 valence electrons. The number of anilines is 1. The molecule has 8 nitrogen and oxygen atoms in total. The number of hydrogen-bond donors (Lipinski definition) is 3. The van der Waals surface area contributed by atoms with Gasteiger partial charge in [0, 0.05) is 10.1 Å². The zero-order valence-electron chi connectivity index (χ0n) is 19.0. The Morgan fingerprint density at radius 1 is 1.30 bits per heavy atom. The summed E-state index contributed by atoms with van der Waals surface area (Å²) in [5, 5.41) is 14.5. The van der Waals surface area contributed by atoms with Gasteiger partial charge in [0.2, 0.25) is 11.8 Å². The van der Waals surface area contributed by atoms with Crippen molar-refractivity contribution in [2.75, 3.05) is 5.73 Å². The molecule has 0 aromatic carbocycles. The van der Waals surface area contributed by atoms with E-state index in [1.54, 1.807) is 0 Å². The molecule has 2 aliphatic heterocycles. The minimum absolute atomic E-state index is 0.199. The minimum Gasteiger partial charge on any atom is -0.480 e. The number of aliphatic carboxylic acids is 1. The van der Waals surface area contributed by atoms with Crippen LogP contribution in [0.5, 0.6) is 0 Å². The quantitative estimate of drug-likeness (QED) is 0.521. The Hall–Kier alpha value is -1.81. The lowest BCUT2D eigenvalue weighted by Crippen LogP contribution is -2.70. The van der Waals surface area contributed by atoms with E-state index in [0.717, 1.165) is 18.8 Å². The van der Waals surface area contributed by atoms with Crippen molar-refractivity contribution in [1.29, 1.82) is 0 Å². The number of nitrogens with two attached hydrogens (primary N) is 1. The van der Waals surface area contributed by atoms with Crippen molar-refractivity contribution >= 4 is 46.0 Å². The first kappa shape index (κ1) is 23.0. The summed E-state index contributed by atoms with van der Waals surface area (Å²) in [7, 11) is 0. The van der Waals surface area contributed by atoms with E-state index in [1.807, 2.05) is 19.2 Å². The number of amides is 2. The molecule has 2 aliphatic carbocycles. The number of thiazole rings is 1. The average Bonchev–Trinajstić information content (AvgIpc) is 3.44. The maximum Gasteiger partial charge on any atom is 0.327 e. The summed E-state index contributed by atoms with van der Waals surface area (Å²) >= 11 is 2.77. The molecule has 0 spiro atoms. The number of carboxylic acids is 1. The number of carbonyl (C=O) groups is 3.